The standard InChI is InChI=1S/C29H39N5O4/c1-20-25(18-21-9-11-24(12-10-21)38-16-6-14-34(2)3)28(33-29(30)31-20)32-26(13-15-35)23-8-5-7-22(17-23)19-27(36)37-4/h5,7-12,17,26,35H,6,13-16,18-19H2,1-4H3,(H3,30,31,32,33)/t26-/m1/s1. The number of benzene rings is 2. The lowest BCUT2D eigenvalue weighted by Crippen LogP contribution is -2.17. The van der Waals surface area contributed by atoms with Crippen LogP contribution >= 0.6 is 0 Å². The lowest BCUT2D eigenvalue weighted by Gasteiger charge is -2.22. The second kappa shape index (κ2) is 14.3. The van der Waals surface area contributed by atoms with E-state index < -0.39 is 0 Å². The smallest absolute Gasteiger partial charge is 0.309 e. The number of methoxy groups -OCH3 is 1. The summed E-state index contributed by atoms with van der Waals surface area (Å²) in [6.45, 7) is 3.54. The molecule has 9 heteroatoms. The molecule has 0 unspecified atom stereocenters. The number of rotatable bonds is 14. The molecule has 204 valence electrons. The average Bonchev–Trinajstić information content (AvgIpc) is 2.89. The Balaban J connectivity index is 1.79. The number of carbonyl (C=O) groups excluding carboxylic acids is 1. The number of aliphatic hydroxyl groups is 1. The van der Waals surface area contributed by atoms with Crippen molar-refractivity contribution in [2.75, 3.05) is 52.0 Å². The maximum absolute atomic E-state index is 11.8. The zero-order chi connectivity index (χ0) is 27.5. The van der Waals surface area contributed by atoms with E-state index in [1.54, 1.807) is 0 Å². The van der Waals surface area contributed by atoms with Gasteiger partial charge in [0.15, 0.2) is 0 Å². The molecule has 0 saturated carbocycles. The van der Waals surface area contributed by atoms with Crippen molar-refractivity contribution >= 4 is 17.7 Å². The van der Waals surface area contributed by atoms with Gasteiger partial charge in [0, 0.05) is 30.8 Å². The number of nitrogens with one attached hydrogen (secondary N) is 1. The number of nitrogen functional groups attached to an aromatic ring is 1. The number of hydrogen-bond donors (Lipinski definition) is 3. The highest BCUT2D eigenvalue weighted by molar-refractivity contribution is 5.72. The van der Waals surface area contributed by atoms with Crippen molar-refractivity contribution in [1.82, 2.24) is 14.9 Å². The minimum atomic E-state index is -0.305. The Morgan fingerprint density at radius 1 is 1.13 bits per heavy atom. The summed E-state index contributed by atoms with van der Waals surface area (Å²) in [5.74, 6) is 1.33. The van der Waals surface area contributed by atoms with Crippen LogP contribution in [0.1, 0.15) is 46.8 Å². The van der Waals surface area contributed by atoms with Crippen molar-refractivity contribution in [3.8, 4) is 5.75 Å². The summed E-state index contributed by atoms with van der Waals surface area (Å²) < 4.78 is 10.7. The molecule has 0 fully saturated rings. The Bertz CT molecular complexity index is 1180. The van der Waals surface area contributed by atoms with Gasteiger partial charge in [-0.25, -0.2) is 4.98 Å². The molecule has 0 aliphatic rings. The van der Waals surface area contributed by atoms with Crippen LogP contribution in [0.3, 0.4) is 0 Å². The van der Waals surface area contributed by atoms with E-state index in [0.29, 0.717) is 25.3 Å². The van der Waals surface area contributed by atoms with Gasteiger partial charge < -0.3 is 30.5 Å². The normalized spacial score (nSPS) is 11.8. The number of aliphatic hydroxyl groups excluding tert-OH is 1. The van der Waals surface area contributed by atoms with Crippen molar-refractivity contribution in [2.45, 2.75) is 38.6 Å². The van der Waals surface area contributed by atoms with Crippen LogP contribution in [-0.4, -0.2) is 66.9 Å². The van der Waals surface area contributed by atoms with Crippen LogP contribution in [0.25, 0.3) is 0 Å². The van der Waals surface area contributed by atoms with Crippen LogP contribution in [0.4, 0.5) is 11.8 Å². The van der Waals surface area contributed by atoms with Gasteiger partial charge in [0.1, 0.15) is 11.6 Å². The third-order valence-electron chi connectivity index (χ3n) is 6.21. The molecule has 3 aromatic rings. The van der Waals surface area contributed by atoms with E-state index in [9.17, 15) is 9.90 Å². The molecule has 0 aliphatic heterocycles. The SMILES string of the molecule is COC(=O)Cc1cccc([C@@H](CCO)Nc2nc(N)nc(C)c2Cc2ccc(OCCCN(C)C)cc2)c1. The summed E-state index contributed by atoms with van der Waals surface area (Å²) in [4.78, 5) is 22.8. The summed E-state index contributed by atoms with van der Waals surface area (Å²) in [5.41, 5.74) is 10.6. The van der Waals surface area contributed by atoms with Gasteiger partial charge >= 0.3 is 5.97 Å². The molecule has 2 aromatic carbocycles. The number of nitrogens with two attached hydrogens (primary N) is 1. The number of aromatic nitrogens is 2. The fourth-order valence-corrected chi connectivity index (χ4v) is 4.20. The quantitative estimate of drug-likeness (QED) is 0.216. The van der Waals surface area contributed by atoms with E-state index in [0.717, 1.165) is 46.7 Å². The van der Waals surface area contributed by atoms with Crippen molar-refractivity contribution in [2.24, 2.45) is 0 Å². The summed E-state index contributed by atoms with van der Waals surface area (Å²) in [7, 11) is 5.48. The molecule has 9 nitrogen and oxygen atoms in total. The molecule has 1 atom stereocenters. The van der Waals surface area contributed by atoms with Crippen LogP contribution in [0.15, 0.2) is 48.5 Å². The van der Waals surface area contributed by atoms with Crippen molar-refractivity contribution in [3.05, 3.63) is 76.5 Å². The van der Waals surface area contributed by atoms with Gasteiger partial charge in [-0.15, -0.1) is 0 Å². The Morgan fingerprint density at radius 2 is 1.89 bits per heavy atom. The molecular weight excluding hydrogens is 482 g/mol. The Morgan fingerprint density at radius 3 is 2.58 bits per heavy atom. The number of ether oxygens (including phenoxy) is 2. The molecule has 0 saturated heterocycles. The maximum atomic E-state index is 11.8. The van der Waals surface area contributed by atoms with Gasteiger partial charge in [-0.05, 0) is 62.7 Å². The van der Waals surface area contributed by atoms with Crippen LogP contribution < -0.4 is 15.8 Å². The van der Waals surface area contributed by atoms with Gasteiger partial charge in [0.2, 0.25) is 5.95 Å². The first-order valence-corrected chi connectivity index (χ1v) is 12.8. The third kappa shape index (κ3) is 8.71. The van der Waals surface area contributed by atoms with E-state index in [-0.39, 0.29) is 31.0 Å². The summed E-state index contributed by atoms with van der Waals surface area (Å²) >= 11 is 0. The molecule has 1 heterocycles. The van der Waals surface area contributed by atoms with Gasteiger partial charge in [0.05, 0.1) is 26.2 Å². The second-order valence-corrected chi connectivity index (χ2v) is 9.53. The summed E-state index contributed by atoms with van der Waals surface area (Å²) in [6.07, 6.45) is 2.19. The minimum absolute atomic E-state index is 0.0240. The first-order chi connectivity index (χ1) is 18.3. The van der Waals surface area contributed by atoms with Crippen LogP contribution in [-0.2, 0) is 22.4 Å². The zero-order valence-electron chi connectivity index (χ0n) is 22.7. The van der Waals surface area contributed by atoms with Crippen molar-refractivity contribution < 1.29 is 19.4 Å². The van der Waals surface area contributed by atoms with Gasteiger partial charge in [-0.3, -0.25) is 4.79 Å². The molecule has 38 heavy (non-hydrogen) atoms. The predicted octanol–water partition coefficient (Wildman–Crippen LogP) is 3.54. The maximum Gasteiger partial charge on any atom is 0.309 e. The molecular formula is C29H39N5O4. The molecule has 0 bridgehead atoms. The molecule has 0 spiro atoms. The van der Waals surface area contributed by atoms with Crippen molar-refractivity contribution in [1.29, 1.82) is 0 Å². The molecule has 3 rings (SSSR count). The number of esters is 1. The van der Waals surface area contributed by atoms with E-state index in [1.165, 1.54) is 7.11 Å². The van der Waals surface area contributed by atoms with Crippen LogP contribution in [0.2, 0.25) is 0 Å². The van der Waals surface area contributed by atoms with Gasteiger partial charge in [-0.2, -0.15) is 4.98 Å². The molecule has 0 radical (unpaired) electrons. The number of nitrogens with zero attached hydrogens (tertiary/aromatic N) is 3. The summed E-state index contributed by atoms with van der Waals surface area (Å²) in [6, 6.07) is 15.5. The zero-order valence-corrected chi connectivity index (χ0v) is 22.7. The number of carbonyl (C=O) groups is 1. The summed E-state index contributed by atoms with van der Waals surface area (Å²) in [5, 5.41) is 13.3. The fourth-order valence-electron chi connectivity index (χ4n) is 4.20. The molecule has 1 aromatic heterocycles. The van der Waals surface area contributed by atoms with E-state index >= 15 is 0 Å². The van der Waals surface area contributed by atoms with Crippen LogP contribution in [0.5, 0.6) is 5.75 Å². The second-order valence-electron chi connectivity index (χ2n) is 9.53. The van der Waals surface area contributed by atoms with Gasteiger partial charge in [0.25, 0.3) is 0 Å². The predicted molar refractivity (Wildman–Crippen MR) is 149 cm³/mol. The Kier molecular flexibility index (Phi) is 10.9. The number of aryl methyl sites for hydroxylation is 1. The molecule has 0 aliphatic carbocycles. The lowest BCUT2D eigenvalue weighted by atomic mass is 9.99. The van der Waals surface area contributed by atoms with E-state index in [1.807, 2.05) is 55.5 Å². The first kappa shape index (κ1) is 28.9. The highest BCUT2D eigenvalue weighted by Crippen LogP contribution is 2.28. The minimum Gasteiger partial charge on any atom is -0.494 e. The van der Waals surface area contributed by atoms with Crippen LogP contribution in [0, 0.1) is 6.92 Å². The highest BCUT2D eigenvalue weighted by Gasteiger charge is 2.18. The largest absolute Gasteiger partial charge is 0.494 e. The number of anilines is 2. The topological polar surface area (TPSA) is 123 Å². The molecule has 0 amide bonds. The van der Waals surface area contributed by atoms with Crippen molar-refractivity contribution in [3.63, 3.8) is 0 Å². The molecule has 4 N–H and O–H groups in total. The first-order valence-electron chi connectivity index (χ1n) is 12.8. The average molecular weight is 522 g/mol. The lowest BCUT2D eigenvalue weighted by molar-refractivity contribution is -0.139. The number of hydrogen-bond acceptors (Lipinski definition) is 9. The monoisotopic (exact) mass is 521 g/mol. The van der Waals surface area contributed by atoms with Gasteiger partial charge in [-0.1, -0.05) is 36.4 Å². The van der Waals surface area contributed by atoms with E-state index in [2.05, 4.69) is 34.3 Å². The van der Waals surface area contributed by atoms with E-state index in [4.69, 9.17) is 15.2 Å². The Labute approximate surface area is 225 Å². The Hall–Kier alpha value is -3.69. The highest BCUT2D eigenvalue weighted by atomic mass is 16.5. The third-order valence-corrected chi connectivity index (χ3v) is 6.21. The fraction of sp³-hybridized carbons (Fsp3) is 0.414.